The largest absolute Gasteiger partial charge is 0.481 e. The van der Waals surface area contributed by atoms with E-state index in [0.29, 0.717) is 23.6 Å². The Hall–Kier alpha value is -3.25. The summed E-state index contributed by atoms with van der Waals surface area (Å²) in [6, 6.07) is 19.3. The zero-order valence-electron chi connectivity index (χ0n) is 18.0. The number of aromatic nitrogens is 1. The number of aliphatic carboxylic acids is 1. The van der Waals surface area contributed by atoms with Crippen molar-refractivity contribution < 1.29 is 14.3 Å². The maximum Gasteiger partial charge on any atom is 0.304 e. The predicted octanol–water partition coefficient (Wildman–Crippen LogP) is 5.23. The van der Waals surface area contributed by atoms with E-state index in [-0.39, 0.29) is 12.2 Å². The van der Waals surface area contributed by atoms with Crippen LogP contribution < -0.4 is 11.1 Å². The standard InChI is InChI=1S/C25H28FN3O2/c1-24(2,3)25(15-23(30)31,18-9-11-19(26)12-10-18)21-5-4-6-22(29-21)28-20-13-7-17(16-27)8-14-20/h4-14H,15-16,27H2,1-3H3,(H,28,29)(H,30,31). The number of nitrogens with two attached hydrogens (primary N) is 1. The highest BCUT2D eigenvalue weighted by Gasteiger charge is 2.48. The lowest BCUT2D eigenvalue weighted by molar-refractivity contribution is -0.139. The van der Waals surface area contributed by atoms with E-state index in [2.05, 4.69) is 5.32 Å². The first kappa shape index (κ1) is 22.4. The molecule has 31 heavy (non-hydrogen) atoms. The van der Waals surface area contributed by atoms with E-state index in [1.807, 2.05) is 63.2 Å². The first-order chi connectivity index (χ1) is 14.7. The van der Waals surface area contributed by atoms with Crippen molar-refractivity contribution in [2.24, 2.45) is 11.1 Å². The van der Waals surface area contributed by atoms with Gasteiger partial charge in [-0.05, 0) is 52.9 Å². The lowest BCUT2D eigenvalue weighted by atomic mass is 9.59. The van der Waals surface area contributed by atoms with Crippen molar-refractivity contribution in [1.82, 2.24) is 4.98 Å². The number of pyridine rings is 1. The summed E-state index contributed by atoms with van der Waals surface area (Å²) in [6.07, 6.45) is -0.177. The van der Waals surface area contributed by atoms with E-state index in [0.717, 1.165) is 11.3 Å². The molecule has 0 aliphatic heterocycles. The van der Waals surface area contributed by atoms with E-state index in [1.54, 1.807) is 12.1 Å². The average molecular weight is 422 g/mol. The molecule has 0 saturated heterocycles. The number of nitrogens with one attached hydrogen (secondary N) is 1. The number of nitrogens with zero attached hydrogens (tertiary/aromatic N) is 1. The Morgan fingerprint density at radius 1 is 1.03 bits per heavy atom. The Balaban J connectivity index is 2.11. The minimum absolute atomic E-state index is 0.177. The minimum Gasteiger partial charge on any atom is -0.481 e. The summed E-state index contributed by atoms with van der Waals surface area (Å²) < 4.78 is 13.6. The predicted molar refractivity (Wildman–Crippen MR) is 121 cm³/mol. The van der Waals surface area contributed by atoms with Crippen molar-refractivity contribution in [2.45, 2.75) is 39.2 Å². The van der Waals surface area contributed by atoms with Crippen LogP contribution in [0, 0.1) is 11.2 Å². The number of carboxylic acid groups (broad SMARTS) is 1. The zero-order valence-corrected chi connectivity index (χ0v) is 18.0. The van der Waals surface area contributed by atoms with E-state index in [9.17, 15) is 14.3 Å². The highest BCUT2D eigenvalue weighted by atomic mass is 19.1. The Morgan fingerprint density at radius 3 is 2.23 bits per heavy atom. The normalized spacial score (nSPS) is 13.5. The van der Waals surface area contributed by atoms with Gasteiger partial charge in [-0.15, -0.1) is 0 Å². The fourth-order valence-corrected chi connectivity index (χ4v) is 4.00. The number of hydrogen-bond acceptors (Lipinski definition) is 4. The third-order valence-electron chi connectivity index (χ3n) is 5.68. The first-order valence-electron chi connectivity index (χ1n) is 10.2. The molecule has 6 heteroatoms. The maximum absolute atomic E-state index is 13.6. The fourth-order valence-electron chi connectivity index (χ4n) is 4.00. The van der Waals surface area contributed by atoms with Gasteiger partial charge in [0.2, 0.25) is 0 Å². The van der Waals surface area contributed by atoms with Crippen LogP contribution in [0.5, 0.6) is 0 Å². The van der Waals surface area contributed by atoms with Gasteiger partial charge in [0.15, 0.2) is 0 Å². The maximum atomic E-state index is 13.6. The van der Waals surface area contributed by atoms with Gasteiger partial charge in [0.05, 0.1) is 17.5 Å². The highest BCUT2D eigenvalue weighted by Crippen LogP contribution is 2.49. The van der Waals surface area contributed by atoms with E-state index in [4.69, 9.17) is 10.7 Å². The fraction of sp³-hybridized carbons (Fsp3) is 0.280. The van der Waals surface area contributed by atoms with Crippen molar-refractivity contribution in [3.05, 3.63) is 89.4 Å². The summed E-state index contributed by atoms with van der Waals surface area (Å²) >= 11 is 0. The molecule has 4 N–H and O–H groups in total. The third kappa shape index (κ3) is 4.75. The van der Waals surface area contributed by atoms with Gasteiger partial charge in [0.25, 0.3) is 0 Å². The lowest BCUT2D eigenvalue weighted by Gasteiger charge is -2.44. The van der Waals surface area contributed by atoms with Crippen molar-refractivity contribution in [3.63, 3.8) is 0 Å². The summed E-state index contributed by atoms with van der Waals surface area (Å²) in [5, 5.41) is 13.1. The summed E-state index contributed by atoms with van der Waals surface area (Å²) in [5.41, 5.74) is 7.37. The Labute approximate surface area is 182 Å². The number of carbonyl (C=O) groups is 1. The van der Waals surface area contributed by atoms with Crippen LogP contribution >= 0.6 is 0 Å². The number of hydrogen-bond donors (Lipinski definition) is 3. The van der Waals surface area contributed by atoms with Crippen molar-refractivity contribution in [3.8, 4) is 0 Å². The molecule has 162 valence electrons. The molecule has 0 aliphatic rings. The molecule has 0 bridgehead atoms. The van der Waals surface area contributed by atoms with E-state index in [1.165, 1.54) is 12.1 Å². The molecule has 0 amide bonds. The van der Waals surface area contributed by atoms with Crippen molar-refractivity contribution >= 4 is 17.5 Å². The second-order valence-electron chi connectivity index (χ2n) is 8.67. The van der Waals surface area contributed by atoms with Crippen LogP contribution in [0.1, 0.15) is 44.0 Å². The Morgan fingerprint density at radius 2 is 1.68 bits per heavy atom. The summed E-state index contributed by atoms with van der Waals surface area (Å²) in [6.45, 7) is 6.40. The molecule has 1 atom stereocenters. The first-order valence-corrected chi connectivity index (χ1v) is 10.2. The summed E-state index contributed by atoms with van der Waals surface area (Å²) in [5.74, 6) is -0.720. The van der Waals surface area contributed by atoms with Gasteiger partial charge in [0, 0.05) is 12.2 Å². The van der Waals surface area contributed by atoms with Crippen LogP contribution in [0.2, 0.25) is 0 Å². The van der Waals surface area contributed by atoms with E-state index < -0.39 is 16.8 Å². The topological polar surface area (TPSA) is 88.2 Å². The van der Waals surface area contributed by atoms with Crippen molar-refractivity contribution in [1.29, 1.82) is 0 Å². The van der Waals surface area contributed by atoms with Crippen LogP contribution in [0.15, 0.2) is 66.7 Å². The molecule has 1 heterocycles. The molecule has 2 aromatic carbocycles. The number of rotatable bonds is 7. The molecule has 0 aliphatic carbocycles. The van der Waals surface area contributed by atoms with Crippen LogP contribution in [0.3, 0.4) is 0 Å². The molecule has 0 spiro atoms. The van der Waals surface area contributed by atoms with Crippen LogP contribution in [-0.2, 0) is 16.8 Å². The smallest absolute Gasteiger partial charge is 0.304 e. The quantitative estimate of drug-likeness (QED) is 0.486. The lowest BCUT2D eigenvalue weighted by Crippen LogP contribution is -2.44. The molecular formula is C25H28FN3O2. The summed E-state index contributed by atoms with van der Waals surface area (Å²) in [4.78, 5) is 16.8. The molecule has 1 aromatic heterocycles. The molecule has 0 saturated carbocycles. The monoisotopic (exact) mass is 421 g/mol. The molecule has 5 nitrogen and oxygen atoms in total. The van der Waals surface area contributed by atoms with Crippen LogP contribution in [-0.4, -0.2) is 16.1 Å². The zero-order chi connectivity index (χ0) is 22.6. The van der Waals surface area contributed by atoms with Gasteiger partial charge >= 0.3 is 5.97 Å². The molecule has 1 unspecified atom stereocenters. The van der Waals surface area contributed by atoms with Crippen LogP contribution in [0.25, 0.3) is 0 Å². The Kier molecular flexibility index (Phi) is 6.41. The van der Waals surface area contributed by atoms with Crippen LogP contribution in [0.4, 0.5) is 15.9 Å². The second kappa shape index (κ2) is 8.86. The van der Waals surface area contributed by atoms with Gasteiger partial charge < -0.3 is 16.2 Å². The van der Waals surface area contributed by atoms with Gasteiger partial charge in [-0.2, -0.15) is 0 Å². The number of anilines is 2. The number of benzene rings is 2. The SMILES string of the molecule is CC(C)(C)C(CC(=O)O)(c1ccc(F)cc1)c1cccc(Nc2ccc(CN)cc2)n1. The van der Waals surface area contributed by atoms with Gasteiger partial charge in [-0.25, -0.2) is 9.37 Å². The second-order valence-corrected chi connectivity index (χ2v) is 8.67. The van der Waals surface area contributed by atoms with Gasteiger partial charge in [-0.1, -0.05) is 51.1 Å². The average Bonchev–Trinajstić information content (AvgIpc) is 2.72. The Bertz CT molecular complexity index is 1040. The van der Waals surface area contributed by atoms with Gasteiger partial charge in [0.1, 0.15) is 11.6 Å². The van der Waals surface area contributed by atoms with Crippen molar-refractivity contribution in [2.75, 3.05) is 5.32 Å². The molecule has 0 radical (unpaired) electrons. The summed E-state index contributed by atoms with van der Waals surface area (Å²) in [7, 11) is 0. The minimum atomic E-state index is -0.965. The molecular weight excluding hydrogens is 393 g/mol. The van der Waals surface area contributed by atoms with E-state index >= 15 is 0 Å². The number of carboxylic acids is 1. The number of halogens is 1. The molecule has 3 aromatic rings. The third-order valence-corrected chi connectivity index (χ3v) is 5.68. The molecule has 3 rings (SSSR count). The highest BCUT2D eigenvalue weighted by molar-refractivity contribution is 5.71. The molecule has 0 fully saturated rings. The van der Waals surface area contributed by atoms with Gasteiger partial charge in [-0.3, -0.25) is 4.79 Å².